The molecule has 0 bridgehead atoms. The normalized spacial score (nSPS) is 10.8. The van der Waals surface area contributed by atoms with Gasteiger partial charge in [0.05, 0.1) is 29.3 Å². The minimum atomic E-state index is -0.367. The van der Waals surface area contributed by atoms with Gasteiger partial charge in [-0.3, -0.25) is 9.36 Å². The summed E-state index contributed by atoms with van der Waals surface area (Å²) < 4.78 is 6.45. The summed E-state index contributed by atoms with van der Waals surface area (Å²) in [7, 11) is 1.36. The zero-order valence-electron chi connectivity index (χ0n) is 18.2. The van der Waals surface area contributed by atoms with Crippen molar-refractivity contribution in [3.63, 3.8) is 0 Å². The van der Waals surface area contributed by atoms with Gasteiger partial charge in [-0.2, -0.15) is 0 Å². The lowest BCUT2D eigenvalue weighted by atomic mass is 10.1. The number of nitrogens with one attached hydrogen (secondary N) is 1. The highest BCUT2D eigenvalue weighted by atomic mass is 16.5. The number of ether oxygens (including phenoxy) is 1. The maximum atomic E-state index is 13.6. The van der Waals surface area contributed by atoms with E-state index in [0.717, 1.165) is 29.2 Å². The van der Waals surface area contributed by atoms with Crippen molar-refractivity contribution in [1.82, 2.24) is 9.55 Å². The van der Waals surface area contributed by atoms with Crippen LogP contribution >= 0.6 is 0 Å². The van der Waals surface area contributed by atoms with Crippen LogP contribution in [0.3, 0.4) is 0 Å². The summed E-state index contributed by atoms with van der Waals surface area (Å²) in [5.74, 6) is 0.390. The van der Waals surface area contributed by atoms with Crippen molar-refractivity contribution in [2.45, 2.75) is 26.3 Å². The molecule has 0 amide bonds. The average molecular weight is 428 g/mol. The first-order valence-corrected chi connectivity index (χ1v) is 10.6. The second-order valence-electron chi connectivity index (χ2n) is 7.50. The molecule has 4 rings (SSSR count). The van der Waals surface area contributed by atoms with E-state index in [4.69, 9.17) is 9.72 Å². The number of aryl methyl sites for hydroxylation is 1. The second-order valence-corrected chi connectivity index (χ2v) is 7.50. The Kier molecular flexibility index (Phi) is 6.31. The maximum absolute atomic E-state index is 13.6. The van der Waals surface area contributed by atoms with Crippen molar-refractivity contribution < 1.29 is 9.53 Å². The number of carbonyl (C=O) groups is 1. The fraction of sp³-hybridized carbons (Fsp3) is 0.192. The quantitative estimate of drug-likeness (QED) is 0.432. The molecule has 4 aromatic rings. The van der Waals surface area contributed by atoms with Crippen LogP contribution in [-0.2, 0) is 17.7 Å². The lowest BCUT2D eigenvalue weighted by molar-refractivity contribution is 0.0600. The van der Waals surface area contributed by atoms with E-state index < -0.39 is 0 Å². The van der Waals surface area contributed by atoms with Crippen molar-refractivity contribution in [2.75, 3.05) is 12.4 Å². The Morgan fingerprint density at radius 3 is 2.44 bits per heavy atom. The predicted molar refractivity (Wildman–Crippen MR) is 126 cm³/mol. The van der Waals surface area contributed by atoms with Crippen LogP contribution in [0.5, 0.6) is 0 Å². The second kappa shape index (κ2) is 9.47. The van der Waals surface area contributed by atoms with Crippen molar-refractivity contribution in [3.8, 4) is 5.69 Å². The Balaban J connectivity index is 1.73. The smallest absolute Gasteiger partial charge is 0.337 e. The van der Waals surface area contributed by atoms with Gasteiger partial charge in [0, 0.05) is 18.7 Å². The zero-order chi connectivity index (χ0) is 22.5. The third-order valence-corrected chi connectivity index (χ3v) is 5.31. The van der Waals surface area contributed by atoms with E-state index in [1.165, 1.54) is 7.11 Å². The lowest BCUT2D eigenvalue weighted by Gasteiger charge is -2.15. The van der Waals surface area contributed by atoms with Crippen LogP contribution < -0.4 is 10.9 Å². The highest BCUT2D eigenvalue weighted by molar-refractivity contribution is 5.91. The van der Waals surface area contributed by atoms with Crippen LogP contribution in [0.15, 0.2) is 77.6 Å². The third-order valence-electron chi connectivity index (χ3n) is 5.31. The van der Waals surface area contributed by atoms with Gasteiger partial charge in [0.1, 0.15) is 5.82 Å². The van der Waals surface area contributed by atoms with Gasteiger partial charge < -0.3 is 10.1 Å². The number of esters is 1. The molecule has 0 radical (unpaired) electrons. The minimum Gasteiger partial charge on any atom is -0.465 e. The van der Waals surface area contributed by atoms with Crippen molar-refractivity contribution >= 4 is 22.6 Å². The van der Waals surface area contributed by atoms with Gasteiger partial charge >= 0.3 is 5.97 Å². The van der Waals surface area contributed by atoms with Gasteiger partial charge in [0.15, 0.2) is 0 Å². The summed E-state index contributed by atoms with van der Waals surface area (Å²) in [6, 6.07) is 22.5. The molecule has 3 aromatic carbocycles. The molecule has 1 N–H and O–H groups in total. The maximum Gasteiger partial charge on any atom is 0.337 e. The Bertz CT molecular complexity index is 1300. The average Bonchev–Trinajstić information content (AvgIpc) is 2.83. The van der Waals surface area contributed by atoms with E-state index in [2.05, 4.69) is 12.2 Å². The first-order valence-electron chi connectivity index (χ1n) is 10.6. The SMILES string of the molecule is CCCc1nc2cccc(NCc3ccc(C(=O)OC)cc3)c2c(=O)n1-c1ccccc1. The molecule has 0 aliphatic carbocycles. The predicted octanol–water partition coefficient (Wildman–Crippen LogP) is 4.74. The number of nitrogens with zero attached hydrogens (tertiary/aromatic N) is 2. The monoisotopic (exact) mass is 427 g/mol. The number of fused-ring (bicyclic) bond motifs is 1. The first kappa shape index (κ1) is 21.3. The fourth-order valence-electron chi connectivity index (χ4n) is 3.73. The van der Waals surface area contributed by atoms with E-state index in [1.807, 2.05) is 60.7 Å². The van der Waals surface area contributed by atoms with Crippen LogP contribution in [0.4, 0.5) is 5.69 Å². The van der Waals surface area contributed by atoms with Crippen LogP contribution in [0.2, 0.25) is 0 Å². The van der Waals surface area contributed by atoms with Gasteiger partial charge in [-0.1, -0.05) is 43.3 Å². The van der Waals surface area contributed by atoms with Gasteiger partial charge in [-0.25, -0.2) is 9.78 Å². The van der Waals surface area contributed by atoms with Gasteiger partial charge in [-0.05, 0) is 48.4 Å². The van der Waals surface area contributed by atoms with Crippen LogP contribution in [-0.4, -0.2) is 22.6 Å². The van der Waals surface area contributed by atoms with Gasteiger partial charge in [0.25, 0.3) is 5.56 Å². The van der Waals surface area contributed by atoms with Crippen LogP contribution in [0.25, 0.3) is 16.6 Å². The minimum absolute atomic E-state index is 0.0891. The summed E-state index contributed by atoms with van der Waals surface area (Å²) >= 11 is 0. The standard InChI is InChI=1S/C26H25N3O3/c1-3-8-23-28-22-12-7-11-21(24(22)25(30)29(23)20-9-5-4-6-10-20)27-17-18-13-15-19(16-14-18)26(31)32-2/h4-7,9-16,27H,3,8,17H2,1-2H3. The molecule has 0 saturated carbocycles. The molecule has 32 heavy (non-hydrogen) atoms. The zero-order valence-corrected chi connectivity index (χ0v) is 18.2. The summed E-state index contributed by atoms with van der Waals surface area (Å²) in [5, 5.41) is 3.93. The summed E-state index contributed by atoms with van der Waals surface area (Å²) in [6.45, 7) is 2.58. The Labute approximate surface area is 186 Å². The largest absolute Gasteiger partial charge is 0.465 e. The molecule has 6 nitrogen and oxygen atoms in total. The van der Waals surface area contributed by atoms with E-state index in [9.17, 15) is 9.59 Å². The van der Waals surface area contributed by atoms with Gasteiger partial charge in [0.2, 0.25) is 0 Å². The highest BCUT2D eigenvalue weighted by Crippen LogP contribution is 2.22. The number of aromatic nitrogens is 2. The summed E-state index contributed by atoms with van der Waals surface area (Å²) in [5.41, 5.74) is 3.60. The first-order chi connectivity index (χ1) is 15.6. The molecule has 0 spiro atoms. The van der Waals surface area contributed by atoms with E-state index in [-0.39, 0.29) is 11.5 Å². The number of carbonyl (C=O) groups excluding carboxylic acids is 1. The Morgan fingerprint density at radius 2 is 1.75 bits per heavy atom. The van der Waals surface area contributed by atoms with Crippen LogP contribution in [0.1, 0.15) is 35.1 Å². The Hall–Kier alpha value is -3.93. The third kappa shape index (κ3) is 4.25. The molecule has 162 valence electrons. The molecule has 6 heteroatoms. The molecule has 0 atom stereocenters. The number of benzene rings is 3. The number of hydrogen-bond acceptors (Lipinski definition) is 5. The number of rotatable bonds is 7. The number of methoxy groups -OCH3 is 1. The number of para-hydroxylation sites is 1. The summed E-state index contributed by atoms with van der Waals surface area (Å²) in [4.78, 5) is 30.1. The fourth-order valence-corrected chi connectivity index (χ4v) is 3.73. The molecule has 0 unspecified atom stereocenters. The highest BCUT2D eigenvalue weighted by Gasteiger charge is 2.15. The number of anilines is 1. The molecule has 0 saturated heterocycles. The van der Waals surface area contributed by atoms with E-state index in [1.54, 1.807) is 16.7 Å². The van der Waals surface area contributed by atoms with E-state index >= 15 is 0 Å². The van der Waals surface area contributed by atoms with E-state index in [0.29, 0.717) is 29.4 Å². The van der Waals surface area contributed by atoms with Crippen molar-refractivity contribution in [2.24, 2.45) is 0 Å². The van der Waals surface area contributed by atoms with Crippen molar-refractivity contribution in [3.05, 3.63) is 100 Å². The molecule has 1 heterocycles. The molecular formula is C26H25N3O3. The van der Waals surface area contributed by atoms with Crippen molar-refractivity contribution in [1.29, 1.82) is 0 Å². The number of hydrogen-bond donors (Lipinski definition) is 1. The molecule has 0 fully saturated rings. The van der Waals surface area contributed by atoms with Gasteiger partial charge in [-0.15, -0.1) is 0 Å². The molecule has 0 aliphatic heterocycles. The molecule has 0 aliphatic rings. The molecule has 1 aromatic heterocycles. The van der Waals surface area contributed by atoms with Crippen LogP contribution in [0, 0.1) is 0 Å². The topological polar surface area (TPSA) is 73.2 Å². The molecular weight excluding hydrogens is 402 g/mol. The lowest BCUT2D eigenvalue weighted by Crippen LogP contribution is -2.24. The Morgan fingerprint density at radius 1 is 1.00 bits per heavy atom. The summed E-state index contributed by atoms with van der Waals surface area (Å²) in [6.07, 6.45) is 1.61.